The fourth-order valence-electron chi connectivity index (χ4n) is 4.56. The highest BCUT2D eigenvalue weighted by Crippen LogP contribution is 2.45. The molecule has 0 saturated heterocycles. The van der Waals surface area contributed by atoms with Gasteiger partial charge >= 0.3 is 0 Å². The molecule has 0 atom stereocenters. The maximum atomic E-state index is 14.3. The summed E-state index contributed by atoms with van der Waals surface area (Å²) >= 11 is 0. The van der Waals surface area contributed by atoms with Crippen LogP contribution in [-0.4, -0.2) is 24.4 Å². The van der Waals surface area contributed by atoms with Gasteiger partial charge in [0, 0.05) is 10.9 Å². The zero-order valence-corrected chi connectivity index (χ0v) is 20.0. The monoisotopic (exact) mass is 457 g/mol. The Labute approximate surface area is 195 Å². The van der Waals surface area contributed by atoms with Gasteiger partial charge in [0.25, 0.3) is 0 Å². The van der Waals surface area contributed by atoms with Crippen molar-refractivity contribution in [2.75, 3.05) is 7.05 Å². The van der Waals surface area contributed by atoms with Gasteiger partial charge in [-0.15, -0.1) is 0 Å². The van der Waals surface area contributed by atoms with E-state index in [4.69, 9.17) is 10.5 Å². The molecule has 180 valence electrons. The largest absolute Gasteiger partial charge is 0.352 e. The van der Waals surface area contributed by atoms with Crippen LogP contribution in [0, 0.1) is 18.6 Å². The van der Waals surface area contributed by atoms with E-state index in [0.29, 0.717) is 11.4 Å². The Bertz CT molecular complexity index is 1020. The van der Waals surface area contributed by atoms with E-state index in [0.717, 1.165) is 35.0 Å². The van der Waals surface area contributed by atoms with Crippen LogP contribution in [0.1, 0.15) is 68.9 Å². The summed E-state index contributed by atoms with van der Waals surface area (Å²) in [7, 11) is 1.50. The van der Waals surface area contributed by atoms with Crippen LogP contribution in [0.2, 0.25) is 0 Å². The van der Waals surface area contributed by atoms with Crippen LogP contribution in [0.3, 0.4) is 0 Å². The molecule has 6 heteroatoms. The normalized spacial score (nSPS) is 16.5. The molecule has 4 nitrogen and oxygen atoms in total. The molecule has 2 aliphatic carbocycles. The zero-order valence-electron chi connectivity index (χ0n) is 20.0. The van der Waals surface area contributed by atoms with Crippen LogP contribution in [-0.2, 0) is 4.79 Å². The number of nitrogens with one attached hydrogen (secondary N) is 1. The van der Waals surface area contributed by atoms with Gasteiger partial charge in [0.05, 0.1) is 11.2 Å². The van der Waals surface area contributed by atoms with Gasteiger partial charge in [0.15, 0.2) is 0 Å². The van der Waals surface area contributed by atoms with Gasteiger partial charge in [-0.3, -0.25) is 0 Å². The summed E-state index contributed by atoms with van der Waals surface area (Å²) in [5.41, 5.74) is 15.0. The summed E-state index contributed by atoms with van der Waals surface area (Å²) in [6.45, 7) is 6.05. The van der Waals surface area contributed by atoms with Gasteiger partial charge in [-0.05, 0) is 106 Å². The van der Waals surface area contributed by atoms with Crippen molar-refractivity contribution in [1.29, 1.82) is 0 Å². The van der Waals surface area contributed by atoms with E-state index in [2.05, 4.69) is 23.7 Å². The number of hydrogen-bond donors (Lipinski definition) is 3. The van der Waals surface area contributed by atoms with Gasteiger partial charge in [-0.1, -0.05) is 19.3 Å². The molecule has 0 unspecified atom stereocenters. The van der Waals surface area contributed by atoms with Crippen LogP contribution in [0.4, 0.5) is 8.78 Å². The smallest absolute Gasteiger partial charge is 0.147 e. The first-order chi connectivity index (χ1) is 15.8. The summed E-state index contributed by atoms with van der Waals surface area (Å²) < 4.78 is 27.5. The maximum Gasteiger partial charge on any atom is 0.147 e. The molecule has 2 fully saturated rings. The number of rotatable bonds is 2. The minimum atomic E-state index is -0.257. The zero-order chi connectivity index (χ0) is 24.6. The van der Waals surface area contributed by atoms with E-state index >= 15 is 0 Å². The summed E-state index contributed by atoms with van der Waals surface area (Å²) in [5, 5.41) is 0.974. The van der Waals surface area contributed by atoms with Gasteiger partial charge in [-0.2, -0.15) is 0 Å². The third-order valence-corrected chi connectivity index (χ3v) is 6.44. The summed E-state index contributed by atoms with van der Waals surface area (Å²) in [6.07, 6.45) is 8.63. The summed E-state index contributed by atoms with van der Waals surface area (Å²) in [4.78, 5) is 11.2. The van der Waals surface area contributed by atoms with Crippen LogP contribution < -0.4 is 11.5 Å². The fraction of sp³-hybridized carbons (Fsp3) is 0.444. The molecule has 5 N–H and O–H groups in total. The maximum absolute atomic E-state index is 14.3. The van der Waals surface area contributed by atoms with Crippen molar-refractivity contribution in [3.05, 3.63) is 59.2 Å². The molecule has 0 spiro atoms. The van der Waals surface area contributed by atoms with Gasteiger partial charge in [0.1, 0.15) is 18.4 Å². The average molecular weight is 458 g/mol. The standard InChI is InChI=1S/C19H17F2N.C6H13N.CH5N.CH2O/c1-11-9-15-17(12-3-2-4-12)18(22-19(15)16(21)10-11)13-5-7-14(20)8-6-13;1-6(7)4-2-3-5-6;2*1-2/h5-10,12,22H,2-4H2,1H3;2-5,7H2,1H3;2H2,1H3;1H2. The molecule has 0 amide bonds. The second kappa shape index (κ2) is 12.1. The molecule has 3 aromatic rings. The molecule has 5 rings (SSSR count). The lowest BCUT2D eigenvalue weighted by atomic mass is 9.78. The first-order valence-corrected chi connectivity index (χ1v) is 11.6. The van der Waals surface area contributed by atoms with Gasteiger partial charge in [-0.25, -0.2) is 8.78 Å². The van der Waals surface area contributed by atoms with Crippen LogP contribution in [0.5, 0.6) is 0 Å². The number of carbonyl (C=O) groups is 1. The molecule has 1 aromatic heterocycles. The fourth-order valence-corrected chi connectivity index (χ4v) is 4.56. The third-order valence-electron chi connectivity index (χ3n) is 6.44. The van der Waals surface area contributed by atoms with E-state index in [1.165, 1.54) is 56.8 Å². The highest BCUT2D eigenvalue weighted by Gasteiger charge is 2.27. The van der Waals surface area contributed by atoms with Crippen LogP contribution in [0.15, 0.2) is 36.4 Å². The minimum absolute atomic E-state index is 0.194. The number of carbonyl (C=O) groups excluding carboxylic acids is 1. The number of nitrogens with two attached hydrogens (primary N) is 2. The Balaban J connectivity index is 0.000000295. The molecule has 2 aromatic carbocycles. The highest BCUT2D eigenvalue weighted by molar-refractivity contribution is 5.92. The molecule has 1 heterocycles. The Morgan fingerprint density at radius 2 is 1.58 bits per heavy atom. The Hall–Kier alpha value is -2.57. The van der Waals surface area contributed by atoms with E-state index < -0.39 is 0 Å². The molecular formula is C27H37F2N3O. The molecular weight excluding hydrogens is 420 g/mol. The number of fused-ring (bicyclic) bond motifs is 1. The number of benzene rings is 2. The number of halogens is 2. The lowest BCUT2D eigenvalue weighted by Gasteiger charge is -2.26. The molecule has 0 radical (unpaired) electrons. The molecule has 2 aliphatic rings. The summed E-state index contributed by atoms with van der Waals surface area (Å²) in [5.74, 6) is -0.00832. The van der Waals surface area contributed by atoms with E-state index in [9.17, 15) is 8.78 Å². The predicted octanol–water partition coefficient (Wildman–Crippen LogP) is 6.36. The van der Waals surface area contributed by atoms with Crippen molar-refractivity contribution >= 4 is 17.7 Å². The quantitative estimate of drug-likeness (QED) is 0.419. The second-order valence-electron chi connectivity index (χ2n) is 9.08. The predicted molar refractivity (Wildman–Crippen MR) is 133 cm³/mol. The highest BCUT2D eigenvalue weighted by atomic mass is 19.1. The van der Waals surface area contributed by atoms with Gasteiger partial charge < -0.3 is 21.2 Å². The number of H-pyrrole nitrogens is 1. The summed E-state index contributed by atoms with van der Waals surface area (Å²) in [6, 6.07) is 10.0. The Morgan fingerprint density at radius 3 is 2.03 bits per heavy atom. The Morgan fingerprint density at radius 1 is 1.00 bits per heavy atom. The van der Waals surface area contributed by atoms with Gasteiger partial charge in [0.2, 0.25) is 0 Å². The van der Waals surface area contributed by atoms with Crippen molar-refractivity contribution in [2.45, 2.75) is 70.3 Å². The van der Waals surface area contributed by atoms with Crippen LogP contribution in [0.25, 0.3) is 22.2 Å². The SMILES string of the molecule is C=O.CC1(N)CCCC1.CN.Cc1cc(F)c2[nH]c(-c3ccc(F)cc3)c(C3CCC3)c2c1. The Kier molecular flexibility index (Phi) is 9.74. The van der Waals surface area contributed by atoms with Crippen molar-refractivity contribution in [2.24, 2.45) is 11.5 Å². The van der Waals surface area contributed by atoms with Crippen molar-refractivity contribution < 1.29 is 13.6 Å². The van der Waals surface area contributed by atoms with Crippen molar-refractivity contribution in [3.8, 4) is 11.3 Å². The van der Waals surface area contributed by atoms with Crippen molar-refractivity contribution in [1.82, 2.24) is 4.98 Å². The number of hydrogen-bond acceptors (Lipinski definition) is 3. The lowest BCUT2D eigenvalue weighted by Crippen LogP contribution is -2.31. The molecule has 0 bridgehead atoms. The number of aryl methyl sites for hydroxylation is 1. The minimum Gasteiger partial charge on any atom is -0.352 e. The number of aromatic nitrogens is 1. The lowest BCUT2D eigenvalue weighted by molar-refractivity contribution is -0.0980. The first kappa shape index (κ1) is 26.7. The first-order valence-electron chi connectivity index (χ1n) is 11.6. The number of aromatic amines is 1. The second-order valence-corrected chi connectivity index (χ2v) is 9.08. The average Bonchev–Trinajstić information content (AvgIpc) is 3.34. The van der Waals surface area contributed by atoms with Crippen LogP contribution >= 0.6 is 0 Å². The molecule has 2 saturated carbocycles. The van der Waals surface area contributed by atoms with Crippen molar-refractivity contribution in [3.63, 3.8) is 0 Å². The third kappa shape index (κ3) is 6.49. The van der Waals surface area contributed by atoms with E-state index in [1.54, 1.807) is 18.2 Å². The molecule has 33 heavy (non-hydrogen) atoms. The van der Waals surface area contributed by atoms with E-state index in [-0.39, 0.29) is 17.2 Å². The molecule has 0 aliphatic heterocycles. The van der Waals surface area contributed by atoms with E-state index in [1.807, 2.05) is 13.7 Å². The topological polar surface area (TPSA) is 84.9 Å².